The van der Waals surface area contributed by atoms with Crippen LogP contribution in [0, 0.1) is 11.8 Å². The van der Waals surface area contributed by atoms with Gasteiger partial charge in [0, 0.05) is 31.9 Å². The van der Waals surface area contributed by atoms with Gasteiger partial charge in [-0.15, -0.1) is 0 Å². The van der Waals surface area contributed by atoms with E-state index in [4.69, 9.17) is 0 Å². The highest BCUT2D eigenvalue weighted by Gasteiger charge is 2.30. The zero-order chi connectivity index (χ0) is 12.3. The Balaban J connectivity index is 1.71. The fourth-order valence-corrected chi connectivity index (χ4v) is 2.63. The first-order chi connectivity index (χ1) is 8.16. The average molecular weight is 235 g/mol. The molecule has 0 spiro atoms. The van der Waals surface area contributed by atoms with Crippen LogP contribution < -0.4 is 5.32 Å². The number of nitrogens with zero attached hydrogens (tertiary/aromatic N) is 2. The van der Waals surface area contributed by atoms with Crippen molar-refractivity contribution in [2.75, 3.05) is 6.54 Å². The predicted octanol–water partition coefficient (Wildman–Crippen LogP) is 2.38. The molecular formula is C14H25N3. The minimum Gasteiger partial charge on any atom is -0.338 e. The van der Waals surface area contributed by atoms with Crippen LogP contribution in [0.3, 0.4) is 0 Å². The lowest BCUT2D eigenvalue weighted by Gasteiger charge is -2.37. The molecule has 1 aliphatic rings. The van der Waals surface area contributed by atoms with E-state index in [0.717, 1.165) is 18.3 Å². The van der Waals surface area contributed by atoms with E-state index in [2.05, 4.69) is 35.8 Å². The van der Waals surface area contributed by atoms with Gasteiger partial charge < -0.3 is 9.88 Å². The SMILES string of the molecule is CC(C)NCC1CCC1CCc1nccn1C. The molecule has 96 valence electrons. The molecule has 3 nitrogen and oxygen atoms in total. The molecule has 2 rings (SSSR count). The fourth-order valence-electron chi connectivity index (χ4n) is 2.63. The lowest BCUT2D eigenvalue weighted by atomic mass is 9.71. The molecule has 0 aromatic carbocycles. The summed E-state index contributed by atoms with van der Waals surface area (Å²) in [5.74, 6) is 3.04. The molecule has 1 saturated carbocycles. The van der Waals surface area contributed by atoms with Crippen molar-refractivity contribution < 1.29 is 0 Å². The van der Waals surface area contributed by atoms with Crippen molar-refractivity contribution in [3.8, 4) is 0 Å². The number of hydrogen-bond donors (Lipinski definition) is 1. The number of rotatable bonds is 6. The van der Waals surface area contributed by atoms with Gasteiger partial charge in [-0.2, -0.15) is 0 Å². The van der Waals surface area contributed by atoms with Crippen molar-refractivity contribution in [3.05, 3.63) is 18.2 Å². The highest BCUT2D eigenvalue weighted by molar-refractivity contribution is 4.93. The molecular weight excluding hydrogens is 210 g/mol. The van der Waals surface area contributed by atoms with Gasteiger partial charge in [0.15, 0.2) is 0 Å². The summed E-state index contributed by atoms with van der Waals surface area (Å²) < 4.78 is 2.14. The summed E-state index contributed by atoms with van der Waals surface area (Å²) in [6.07, 6.45) is 9.18. The van der Waals surface area contributed by atoms with Gasteiger partial charge in [0.25, 0.3) is 0 Å². The van der Waals surface area contributed by atoms with Gasteiger partial charge in [0.2, 0.25) is 0 Å². The topological polar surface area (TPSA) is 29.9 Å². The van der Waals surface area contributed by atoms with Crippen LogP contribution in [0.5, 0.6) is 0 Å². The summed E-state index contributed by atoms with van der Waals surface area (Å²) in [4.78, 5) is 4.39. The molecule has 0 saturated heterocycles. The van der Waals surface area contributed by atoms with Crippen LogP contribution in [0.4, 0.5) is 0 Å². The van der Waals surface area contributed by atoms with E-state index in [1.807, 2.05) is 12.4 Å². The second kappa shape index (κ2) is 5.67. The Morgan fingerprint density at radius 2 is 2.18 bits per heavy atom. The zero-order valence-electron chi connectivity index (χ0n) is 11.3. The van der Waals surface area contributed by atoms with Crippen molar-refractivity contribution in [2.24, 2.45) is 18.9 Å². The van der Waals surface area contributed by atoms with Crippen LogP contribution in [0.2, 0.25) is 0 Å². The smallest absolute Gasteiger partial charge is 0.108 e. The van der Waals surface area contributed by atoms with E-state index >= 15 is 0 Å². The molecule has 0 aliphatic heterocycles. The maximum atomic E-state index is 4.39. The van der Waals surface area contributed by atoms with Gasteiger partial charge in [-0.3, -0.25) is 0 Å². The summed E-state index contributed by atoms with van der Waals surface area (Å²) in [6, 6.07) is 0.616. The molecule has 1 aromatic rings. The lowest BCUT2D eigenvalue weighted by Crippen LogP contribution is -2.38. The third-order valence-electron chi connectivity index (χ3n) is 4.02. The van der Waals surface area contributed by atoms with E-state index in [9.17, 15) is 0 Å². The van der Waals surface area contributed by atoms with E-state index < -0.39 is 0 Å². The molecule has 1 N–H and O–H groups in total. The Kier molecular flexibility index (Phi) is 4.21. The van der Waals surface area contributed by atoms with Crippen LogP contribution in [-0.2, 0) is 13.5 Å². The highest BCUT2D eigenvalue weighted by Crippen LogP contribution is 2.37. The van der Waals surface area contributed by atoms with E-state index in [1.54, 1.807) is 0 Å². The Hall–Kier alpha value is -0.830. The molecule has 0 amide bonds. The number of hydrogen-bond acceptors (Lipinski definition) is 2. The maximum absolute atomic E-state index is 4.39. The number of aromatic nitrogens is 2. The number of aryl methyl sites for hydroxylation is 2. The van der Waals surface area contributed by atoms with Crippen molar-refractivity contribution in [3.63, 3.8) is 0 Å². The van der Waals surface area contributed by atoms with Crippen LogP contribution >= 0.6 is 0 Å². The van der Waals surface area contributed by atoms with Gasteiger partial charge in [0.1, 0.15) is 5.82 Å². The van der Waals surface area contributed by atoms with Crippen molar-refractivity contribution >= 4 is 0 Å². The largest absolute Gasteiger partial charge is 0.338 e. The highest BCUT2D eigenvalue weighted by atomic mass is 15.0. The molecule has 2 unspecified atom stereocenters. The summed E-state index contributed by atoms with van der Waals surface area (Å²) in [7, 11) is 2.08. The molecule has 17 heavy (non-hydrogen) atoms. The fraction of sp³-hybridized carbons (Fsp3) is 0.786. The first kappa shape index (κ1) is 12.6. The zero-order valence-corrected chi connectivity index (χ0v) is 11.3. The van der Waals surface area contributed by atoms with Gasteiger partial charge in [-0.1, -0.05) is 13.8 Å². The Labute approximate surface area is 105 Å². The third-order valence-corrected chi connectivity index (χ3v) is 4.02. The molecule has 0 radical (unpaired) electrons. The van der Waals surface area contributed by atoms with Crippen LogP contribution in [0.25, 0.3) is 0 Å². The molecule has 2 atom stereocenters. The molecule has 3 heteroatoms. The van der Waals surface area contributed by atoms with Crippen LogP contribution in [-0.4, -0.2) is 22.1 Å². The molecule has 1 aliphatic carbocycles. The van der Waals surface area contributed by atoms with E-state index in [-0.39, 0.29) is 0 Å². The van der Waals surface area contributed by atoms with Gasteiger partial charge in [-0.25, -0.2) is 4.98 Å². The van der Waals surface area contributed by atoms with Gasteiger partial charge >= 0.3 is 0 Å². The molecule has 1 aromatic heterocycles. The second-order valence-corrected chi connectivity index (χ2v) is 5.65. The Morgan fingerprint density at radius 3 is 2.71 bits per heavy atom. The Morgan fingerprint density at radius 1 is 1.41 bits per heavy atom. The van der Waals surface area contributed by atoms with Crippen molar-refractivity contribution in [1.82, 2.24) is 14.9 Å². The number of nitrogens with one attached hydrogen (secondary N) is 1. The third kappa shape index (κ3) is 3.32. The van der Waals surface area contributed by atoms with Gasteiger partial charge in [-0.05, 0) is 37.6 Å². The Bertz CT molecular complexity index is 343. The standard InChI is InChI=1S/C14H25N3/c1-11(2)16-10-13-5-4-12(13)6-7-14-15-8-9-17(14)3/h8-9,11-13,16H,4-7,10H2,1-3H3. The first-order valence-corrected chi connectivity index (χ1v) is 6.86. The molecule has 1 fully saturated rings. The predicted molar refractivity (Wildman–Crippen MR) is 70.9 cm³/mol. The number of imidazole rings is 1. The minimum atomic E-state index is 0.616. The van der Waals surface area contributed by atoms with Crippen molar-refractivity contribution in [1.29, 1.82) is 0 Å². The summed E-state index contributed by atoms with van der Waals surface area (Å²) >= 11 is 0. The van der Waals surface area contributed by atoms with Crippen LogP contribution in [0.15, 0.2) is 12.4 Å². The summed E-state index contributed by atoms with van der Waals surface area (Å²) in [6.45, 7) is 5.64. The first-order valence-electron chi connectivity index (χ1n) is 6.86. The molecule has 0 bridgehead atoms. The summed E-state index contributed by atoms with van der Waals surface area (Å²) in [5.41, 5.74) is 0. The van der Waals surface area contributed by atoms with Gasteiger partial charge in [0.05, 0.1) is 0 Å². The van der Waals surface area contributed by atoms with Crippen molar-refractivity contribution in [2.45, 2.75) is 45.6 Å². The van der Waals surface area contributed by atoms with E-state index in [1.165, 1.54) is 31.6 Å². The molecule has 1 heterocycles. The van der Waals surface area contributed by atoms with E-state index in [0.29, 0.717) is 6.04 Å². The maximum Gasteiger partial charge on any atom is 0.108 e. The minimum absolute atomic E-state index is 0.616. The van der Waals surface area contributed by atoms with Crippen LogP contribution in [0.1, 0.15) is 38.9 Å². The average Bonchev–Trinajstić information content (AvgIpc) is 2.63. The summed E-state index contributed by atoms with van der Waals surface area (Å²) in [5, 5.41) is 3.56. The monoisotopic (exact) mass is 235 g/mol. The quantitative estimate of drug-likeness (QED) is 0.820. The second-order valence-electron chi connectivity index (χ2n) is 5.65. The normalized spacial score (nSPS) is 24.0. The lowest BCUT2D eigenvalue weighted by molar-refractivity contribution is 0.157.